The Morgan fingerprint density at radius 1 is 1.21 bits per heavy atom. The molecule has 5 atom stereocenters. The second kappa shape index (κ2) is 6.46. The molecule has 0 radical (unpaired) electrons. The zero-order valence-corrected chi connectivity index (χ0v) is 17.4. The van der Waals surface area contributed by atoms with Gasteiger partial charge in [-0.3, -0.25) is 14.4 Å². The van der Waals surface area contributed by atoms with Crippen LogP contribution in [0.2, 0.25) is 0 Å². The maximum atomic E-state index is 13.2. The topological polar surface area (TPSA) is 78.9 Å². The summed E-state index contributed by atoms with van der Waals surface area (Å²) in [6, 6.07) is 0. The van der Waals surface area contributed by atoms with Crippen LogP contribution in [0.5, 0.6) is 0 Å². The Hall–Kier alpha value is -1.59. The molecule has 3 saturated carbocycles. The van der Waals surface area contributed by atoms with Gasteiger partial charge in [0.15, 0.2) is 5.41 Å². The minimum atomic E-state index is -1.20. The predicted molar refractivity (Wildman–Crippen MR) is 100 cm³/mol. The van der Waals surface area contributed by atoms with Crippen LogP contribution in [0.15, 0.2) is 0 Å². The Kier molecular flexibility index (Phi) is 4.55. The van der Waals surface area contributed by atoms with E-state index < -0.39 is 40.6 Å². The van der Waals surface area contributed by atoms with Gasteiger partial charge < -0.3 is 14.2 Å². The predicted octanol–water partition coefficient (Wildman–Crippen LogP) is 3.55. The molecule has 1 saturated heterocycles. The monoisotopic (exact) mass is 392 g/mol. The highest BCUT2D eigenvalue weighted by Crippen LogP contribution is 2.63. The average molecular weight is 392 g/mol. The lowest BCUT2D eigenvalue weighted by Gasteiger charge is -2.37. The first kappa shape index (κ1) is 19.7. The van der Waals surface area contributed by atoms with Crippen LogP contribution in [0.4, 0.5) is 0 Å². The minimum Gasteiger partial charge on any atom is -0.459 e. The first-order chi connectivity index (χ1) is 13.1. The van der Waals surface area contributed by atoms with Gasteiger partial charge in [-0.1, -0.05) is 13.3 Å². The van der Waals surface area contributed by atoms with Crippen LogP contribution in [0.25, 0.3) is 0 Å². The Labute approximate surface area is 166 Å². The number of hydrogen-bond donors (Lipinski definition) is 0. The molecule has 0 spiro atoms. The third-order valence-corrected chi connectivity index (χ3v) is 7.86. The molecule has 0 amide bonds. The fraction of sp³-hybridized carbons (Fsp3) is 0.864. The van der Waals surface area contributed by atoms with Crippen LogP contribution >= 0.6 is 0 Å². The number of rotatable bonds is 5. The molecule has 3 aliphatic carbocycles. The molecule has 4 aliphatic rings. The van der Waals surface area contributed by atoms with Crippen molar-refractivity contribution in [3.63, 3.8) is 0 Å². The lowest BCUT2D eigenvalue weighted by Crippen LogP contribution is -2.49. The molecule has 28 heavy (non-hydrogen) atoms. The van der Waals surface area contributed by atoms with Crippen LogP contribution < -0.4 is 0 Å². The van der Waals surface area contributed by atoms with Crippen molar-refractivity contribution in [3.05, 3.63) is 0 Å². The van der Waals surface area contributed by atoms with Gasteiger partial charge in [-0.25, -0.2) is 0 Å². The quantitative estimate of drug-likeness (QED) is 0.404. The molecule has 0 aromatic carbocycles. The van der Waals surface area contributed by atoms with Gasteiger partial charge in [0, 0.05) is 11.8 Å². The highest BCUT2D eigenvalue weighted by atomic mass is 16.6. The lowest BCUT2D eigenvalue weighted by atomic mass is 9.73. The Bertz CT molecular complexity index is 691. The van der Waals surface area contributed by atoms with Crippen molar-refractivity contribution >= 4 is 17.9 Å². The number of esters is 3. The van der Waals surface area contributed by atoms with Crippen LogP contribution in [0, 0.1) is 22.7 Å². The van der Waals surface area contributed by atoms with Gasteiger partial charge in [-0.05, 0) is 65.7 Å². The van der Waals surface area contributed by atoms with Gasteiger partial charge in [-0.2, -0.15) is 0 Å². The van der Waals surface area contributed by atoms with Gasteiger partial charge in [0.2, 0.25) is 0 Å². The summed E-state index contributed by atoms with van der Waals surface area (Å²) >= 11 is 0. The summed E-state index contributed by atoms with van der Waals surface area (Å²) in [4.78, 5) is 38.6. The van der Waals surface area contributed by atoms with Gasteiger partial charge in [0.1, 0.15) is 17.8 Å². The highest BCUT2D eigenvalue weighted by Gasteiger charge is 2.75. The number of ether oxygens (including phenoxy) is 3. The molecule has 1 aliphatic heterocycles. The fourth-order valence-corrected chi connectivity index (χ4v) is 5.58. The molecule has 6 nitrogen and oxygen atoms in total. The van der Waals surface area contributed by atoms with Crippen molar-refractivity contribution in [2.75, 3.05) is 0 Å². The van der Waals surface area contributed by atoms with Gasteiger partial charge >= 0.3 is 17.9 Å². The third kappa shape index (κ3) is 2.78. The summed E-state index contributed by atoms with van der Waals surface area (Å²) in [5.74, 6) is -1.44. The molecular weight excluding hydrogens is 360 g/mol. The SMILES string of the molecule is CCC(C)(C)C(=O)OC1C2CC3C1OC(=O)C3(C(=O)OC1(C)CCCCC1)C2. The summed E-state index contributed by atoms with van der Waals surface area (Å²) in [6.07, 6.45) is 5.68. The molecule has 156 valence electrons. The van der Waals surface area contributed by atoms with Crippen LogP contribution in [0.1, 0.15) is 79.1 Å². The number of carbonyl (C=O) groups is 3. The molecule has 1 heterocycles. The third-order valence-electron chi connectivity index (χ3n) is 7.86. The second-order valence-corrected chi connectivity index (χ2v) is 10.2. The molecule has 4 rings (SSSR count). The van der Waals surface area contributed by atoms with E-state index in [9.17, 15) is 14.4 Å². The van der Waals surface area contributed by atoms with Crippen LogP contribution in [-0.4, -0.2) is 35.7 Å². The maximum absolute atomic E-state index is 13.2. The van der Waals surface area contributed by atoms with E-state index in [0.29, 0.717) is 19.3 Å². The number of hydrogen-bond acceptors (Lipinski definition) is 6. The molecule has 0 N–H and O–H groups in total. The molecule has 0 aromatic heterocycles. The normalized spacial score (nSPS) is 38.2. The molecular formula is C22H32O6. The van der Waals surface area contributed by atoms with Gasteiger partial charge in [0.05, 0.1) is 5.41 Å². The van der Waals surface area contributed by atoms with Crippen molar-refractivity contribution in [3.8, 4) is 0 Å². The van der Waals surface area contributed by atoms with Gasteiger partial charge in [0.25, 0.3) is 0 Å². The molecule has 6 heteroatoms. The van der Waals surface area contributed by atoms with Gasteiger partial charge in [-0.15, -0.1) is 0 Å². The summed E-state index contributed by atoms with van der Waals surface area (Å²) in [6.45, 7) is 7.64. The largest absolute Gasteiger partial charge is 0.459 e. The second-order valence-electron chi connectivity index (χ2n) is 10.2. The summed E-state index contributed by atoms with van der Waals surface area (Å²) in [5.41, 5.74) is -2.25. The van der Waals surface area contributed by atoms with Crippen molar-refractivity contribution in [1.82, 2.24) is 0 Å². The fourth-order valence-electron chi connectivity index (χ4n) is 5.58. The standard InChI is InChI=1S/C22H32O6/c1-5-20(2,3)17(23)26-15-13-11-14-16(15)27-18(24)22(14,12-13)19(25)28-21(4)9-7-6-8-10-21/h13-16H,5-12H2,1-4H3. The Morgan fingerprint density at radius 2 is 1.89 bits per heavy atom. The molecule has 0 aromatic rings. The molecule has 2 bridgehead atoms. The maximum Gasteiger partial charge on any atom is 0.324 e. The lowest BCUT2D eigenvalue weighted by molar-refractivity contribution is -0.179. The van der Waals surface area contributed by atoms with E-state index in [1.54, 1.807) is 0 Å². The zero-order valence-electron chi connectivity index (χ0n) is 17.4. The number of carbonyl (C=O) groups excluding carboxylic acids is 3. The van der Waals surface area contributed by atoms with Crippen molar-refractivity contribution < 1.29 is 28.6 Å². The van der Waals surface area contributed by atoms with Crippen LogP contribution in [0.3, 0.4) is 0 Å². The Balaban J connectivity index is 1.50. The zero-order chi connectivity index (χ0) is 20.3. The molecule has 5 unspecified atom stereocenters. The minimum absolute atomic E-state index is 0.0234. The van der Waals surface area contributed by atoms with E-state index in [1.165, 1.54) is 0 Å². The average Bonchev–Trinajstić information content (AvgIpc) is 3.24. The number of fused-ring (bicyclic) bond motifs is 1. The van der Waals surface area contributed by atoms with E-state index >= 15 is 0 Å². The van der Waals surface area contributed by atoms with E-state index in [1.807, 2.05) is 27.7 Å². The van der Waals surface area contributed by atoms with E-state index in [4.69, 9.17) is 14.2 Å². The highest BCUT2D eigenvalue weighted by molar-refractivity contribution is 6.03. The summed E-state index contributed by atoms with van der Waals surface area (Å²) < 4.78 is 17.4. The van der Waals surface area contributed by atoms with Crippen molar-refractivity contribution in [2.24, 2.45) is 22.7 Å². The van der Waals surface area contributed by atoms with E-state index in [-0.39, 0.29) is 17.8 Å². The smallest absolute Gasteiger partial charge is 0.324 e. The first-order valence-corrected chi connectivity index (χ1v) is 10.8. The molecule has 4 fully saturated rings. The van der Waals surface area contributed by atoms with Crippen molar-refractivity contribution in [2.45, 2.75) is 96.9 Å². The van der Waals surface area contributed by atoms with E-state index in [2.05, 4.69) is 0 Å². The van der Waals surface area contributed by atoms with Crippen molar-refractivity contribution in [1.29, 1.82) is 0 Å². The summed E-state index contributed by atoms with van der Waals surface area (Å²) in [5, 5.41) is 0. The van der Waals surface area contributed by atoms with Crippen LogP contribution in [-0.2, 0) is 28.6 Å². The van der Waals surface area contributed by atoms with E-state index in [0.717, 1.165) is 32.1 Å². The first-order valence-electron chi connectivity index (χ1n) is 10.8. The Morgan fingerprint density at radius 3 is 2.54 bits per heavy atom. The summed E-state index contributed by atoms with van der Waals surface area (Å²) in [7, 11) is 0.